The molecule has 3 heteroatoms. The van der Waals surface area contributed by atoms with Crippen molar-refractivity contribution in [2.24, 2.45) is 0 Å². The van der Waals surface area contributed by atoms with Gasteiger partial charge < -0.3 is 13.9 Å². The van der Waals surface area contributed by atoms with Gasteiger partial charge in [-0.15, -0.1) is 0 Å². The maximum Gasteiger partial charge on any atom is 0.136 e. The molecule has 0 radical (unpaired) electrons. The van der Waals surface area contributed by atoms with Crippen LogP contribution in [0.4, 0.5) is 17.1 Å². The second kappa shape index (κ2) is 15.0. The zero-order valence-electron chi connectivity index (χ0n) is 35.4. The van der Waals surface area contributed by atoms with Crippen LogP contribution in [0, 0.1) is 0 Å². The lowest BCUT2D eigenvalue weighted by Crippen LogP contribution is -2.11. The molecule has 0 N–H and O–H groups in total. The first-order valence-electron chi connectivity index (χ1n) is 22.2. The van der Waals surface area contributed by atoms with Crippen LogP contribution in [-0.4, -0.2) is 4.57 Å². The summed E-state index contributed by atoms with van der Waals surface area (Å²) in [5.74, 6) is 0. The van der Waals surface area contributed by atoms with Crippen LogP contribution in [0.2, 0.25) is 0 Å². The summed E-state index contributed by atoms with van der Waals surface area (Å²) in [5, 5.41) is 9.71. The maximum absolute atomic E-state index is 6.39. The van der Waals surface area contributed by atoms with Crippen molar-refractivity contribution in [3.8, 4) is 39.1 Å². The Morgan fingerprint density at radius 2 is 0.877 bits per heavy atom. The number of furan rings is 1. The van der Waals surface area contributed by atoms with Gasteiger partial charge in [0.05, 0.1) is 16.7 Å². The minimum Gasteiger partial charge on any atom is -0.456 e. The summed E-state index contributed by atoms with van der Waals surface area (Å²) in [5.41, 5.74) is 15.6. The average molecular weight is 829 g/mol. The molecule has 304 valence electrons. The molecule has 0 atom stereocenters. The van der Waals surface area contributed by atoms with Gasteiger partial charge in [-0.05, 0) is 116 Å². The van der Waals surface area contributed by atoms with Crippen LogP contribution in [-0.2, 0) is 0 Å². The van der Waals surface area contributed by atoms with Crippen LogP contribution in [0.3, 0.4) is 0 Å². The minimum atomic E-state index is 0.883. The Morgan fingerprint density at radius 1 is 0.323 bits per heavy atom. The average Bonchev–Trinajstić information content (AvgIpc) is 3.93. The summed E-state index contributed by atoms with van der Waals surface area (Å²) >= 11 is 0. The summed E-state index contributed by atoms with van der Waals surface area (Å²) in [6.45, 7) is 0. The molecular formula is C62H40N2O. The van der Waals surface area contributed by atoms with E-state index in [2.05, 4.69) is 246 Å². The molecule has 0 fully saturated rings. The van der Waals surface area contributed by atoms with Crippen molar-refractivity contribution in [1.29, 1.82) is 0 Å². The summed E-state index contributed by atoms with van der Waals surface area (Å²) in [6, 6.07) is 87.7. The summed E-state index contributed by atoms with van der Waals surface area (Å²) in [7, 11) is 0. The Morgan fingerprint density at radius 3 is 1.66 bits per heavy atom. The van der Waals surface area contributed by atoms with Crippen molar-refractivity contribution in [3.05, 3.63) is 243 Å². The van der Waals surface area contributed by atoms with Crippen LogP contribution in [0.25, 0.3) is 104 Å². The van der Waals surface area contributed by atoms with Crippen LogP contribution in [0.1, 0.15) is 0 Å². The van der Waals surface area contributed by atoms with Gasteiger partial charge in [0.25, 0.3) is 0 Å². The molecule has 0 saturated carbocycles. The molecular weight excluding hydrogens is 789 g/mol. The molecule has 2 aromatic heterocycles. The number of fused-ring (bicyclic) bond motifs is 9. The van der Waals surface area contributed by atoms with Crippen LogP contribution >= 0.6 is 0 Å². The van der Waals surface area contributed by atoms with Crippen molar-refractivity contribution in [3.63, 3.8) is 0 Å². The lowest BCUT2D eigenvalue weighted by atomic mass is 9.96. The van der Waals surface area contributed by atoms with E-state index in [1.54, 1.807) is 0 Å². The molecule has 2 heterocycles. The molecule has 0 aliphatic heterocycles. The van der Waals surface area contributed by atoms with E-state index in [1.165, 1.54) is 60.0 Å². The van der Waals surface area contributed by atoms with Crippen molar-refractivity contribution < 1.29 is 4.42 Å². The highest BCUT2D eigenvalue weighted by Crippen LogP contribution is 2.46. The fourth-order valence-corrected chi connectivity index (χ4v) is 10.1. The van der Waals surface area contributed by atoms with Crippen LogP contribution in [0.5, 0.6) is 0 Å². The molecule has 0 aliphatic rings. The molecule has 0 bridgehead atoms. The van der Waals surface area contributed by atoms with Gasteiger partial charge in [0.2, 0.25) is 0 Å². The number of anilines is 3. The second-order valence-corrected chi connectivity index (χ2v) is 16.9. The van der Waals surface area contributed by atoms with E-state index in [0.29, 0.717) is 0 Å². The summed E-state index contributed by atoms with van der Waals surface area (Å²) in [6.07, 6.45) is 0. The number of para-hydroxylation sites is 4. The van der Waals surface area contributed by atoms with E-state index < -0.39 is 0 Å². The van der Waals surface area contributed by atoms with Gasteiger partial charge >= 0.3 is 0 Å². The summed E-state index contributed by atoms with van der Waals surface area (Å²) in [4.78, 5) is 2.40. The van der Waals surface area contributed by atoms with Crippen LogP contribution < -0.4 is 4.90 Å². The number of benzene rings is 11. The quantitative estimate of drug-likeness (QED) is 0.149. The highest BCUT2D eigenvalue weighted by atomic mass is 16.3. The lowest BCUT2D eigenvalue weighted by molar-refractivity contribution is 0.669. The minimum absolute atomic E-state index is 0.883. The van der Waals surface area contributed by atoms with Crippen molar-refractivity contribution in [2.45, 2.75) is 0 Å². The topological polar surface area (TPSA) is 21.3 Å². The van der Waals surface area contributed by atoms with E-state index in [-0.39, 0.29) is 0 Å². The third-order valence-electron chi connectivity index (χ3n) is 13.2. The number of hydrogen-bond donors (Lipinski definition) is 0. The van der Waals surface area contributed by atoms with Gasteiger partial charge in [-0.25, -0.2) is 0 Å². The maximum atomic E-state index is 6.39. The molecule has 0 unspecified atom stereocenters. The SMILES string of the molecule is c1cc(-c2ccc(-c3ccc(N(c4ccc5c(ccc6ccccc65)c4)c4ccccc4-c4cccc5oc6ccccc6c45)cc3)cc2)cc(-n2c3ccccc3c3ccccc32)c1. The van der Waals surface area contributed by atoms with Crippen molar-refractivity contribution in [2.75, 3.05) is 4.90 Å². The largest absolute Gasteiger partial charge is 0.456 e. The van der Waals surface area contributed by atoms with Gasteiger partial charge in [-0.1, -0.05) is 176 Å². The number of rotatable bonds is 7. The molecule has 0 saturated heterocycles. The standard InChI is InChI=1S/C62H40N2O/c1-2-16-50-44(13-1)31-32-46-40-49(37-38-51(46)50)63(57-22-7-5-19-54(57)55-21-12-26-61-62(55)56-20-6-10-25-60(56)65-61)47-35-33-42(34-36-47)41-27-29-43(30-28-41)45-14-11-15-48(39-45)64-58-23-8-3-17-52(58)53-18-4-9-24-59(53)64/h1-40H. The normalized spacial score (nSPS) is 11.7. The Balaban J connectivity index is 0.892. The first kappa shape index (κ1) is 36.9. The van der Waals surface area contributed by atoms with Crippen LogP contribution in [0.15, 0.2) is 247 Å². The first-order valence-corrected chi connectivity index (χ1v) is 22.2. The molecule has 3 nitrogen and oxygen atoms in total. The third kappa shape index (κ3) is 6.12. The molecule has 0 amide bonds. The molecule has 13 aromatic rings. The van der Waals surface area contributed by atoms with E-state index in [9.17, 15) is 0 Å². The van der Waals surface area contributed by atoms with E-state index in [1.807, 2.05) is 6.07 Å². The van der Waals surface area contributed by atoms with Gasteiger partial charge in [-0.3, -0.25) is 0 Å². The molecule has 11 aromatic carbocycles. The van der Waals surface area contributed by atoms with Gasteiger partial charge in [0.1, 0.15) is 11.2 Å². The smallest absolute Gasteiger partial charge is 0.136 e. The predicted molar refractivity (Wildman–Crippen MR) is 274 cm³/mol. The molecule has 13 rings (SSSR count). The summed E-state index contributed by atoms with van der Waals surface area (Å²) < 4.78 is 8.77. The van der Waals surface area contributed by atoms with Gasteiger partial charge in [-0.2, -0.15) is 0 Å². The van der Waals surface area contributed by atoms with E-state index in [0.717, 1.165) is 61.4 Å². The fourth-order valence-electron chi connectivity index (χ4n) is 10.1. The Bertz CT molecular complexity index is 3900. The third-order valence-corrected chi connectivity index (χ3v) is 13.2. The fraction of sp³-hybridized carbons (Fsp3) is 0. The van der Waals surface area contributed by atoms with Gasteiger partial charge in [0, 0.05) is 44.2 Å². The molecule has 0 aliphatic carbocycles. The number of nitrogens with zero attached hydrogens (tertiary/aromatic N) is 2. The van der Waals surface area contributed by atoms with Crippen molar-refractivity contribution in [1.82, 2.24) is 4.57 Å². The van der Waals surface area contributed by atoms with Crippen molar-refractivity contribution >= 4 is 82.4 Å². The molecule has 0 spiro atoms. The highest BCUT2D eigenvalue weighted by Gasteiger charge is 2.21. The zero-order chi connectivity index (χ0) is 42.8. The molecule has 65 heavy (non-hydrogen) atoms. The predicted octanol–water partition coefficient (Wildman–Crippen LogP) is 17.5. The monoisotopic (exact) mass is 828 g/mol. The van der Waals surface area contributed by atoms with Gasteiger partial charge in [0.15, 0.2) is 0 Å². The van der Waals surface area contributed by atoms with E-state index >= 15 is 0 Å². The highest BCUT2D eigenvalue weighted by molar-refractivity contribution is 6.14. The number of hydrogen-bond acceptors (Lipinski definition) is 2. The Kier molecular flexibility index (Phi) is 8.53. The zero-order valence-corrected chi connectivity index (χ0v) is 35.4. The first-order chi connectivity index (χ1) is 32.2. The number of aromatic nitrogens is 1. The Labute approximate surface area is 376 Å². The lowest BCUT2D eigenvalue weighted by Gasteiger charge is -2.28. The Hall–Kier alpha value is -8.66. The van der Waals surface area contributed by atoms with E-state index in [4.69, 9.17) is 4.42 Å². The second-order valence-electron chi connectivity index (χ2n) is 16.9.